The van der Waals surface area contributed by atoms with Crippen molar-refractivity contribution in [3.05, 3.63) is 54.1 Å². The summed E-state index contributed by atoms with van der Waals surface area (Å²) < 4.78 is 0. The molecule has 0 aromatic heterocycles. The Labute approximate surface area is 157 Å². The molecule has 138 valence electrons. The van der Waals surface area contributed by atoms with Crippen molar-refractivity contribution in [3.8, 4) is 0 Å². The second-order valence-electron chi connectivity index (χ2n) is 7.14. The van der Waals surface area contributed by atoms with Gasteiger partial charge >= 0.3 is 0 Å². The standard InChI is InChI=1S/C21H21N3O3/c25-19(13-7-8-13)22-16-4-1-3-15(11-16)21(27)24-18-6-2-5-17(12-18)23-20(26)14-9-10-14/h1-6,11-14H,7-10H2,(H,22,25)(H,23,26)(H,24,27). The van der Waals surface area contributed by atoms with Crippen LogP contribution in [0.4, 0.5) is 17.1 Å². The lowest BCUT2D eigenvalue weighted by Crippen LogP contribution is -2.16. The molecule has 6 heteroatoms. The summed E-state index contributed by atoms with van der Waals surface area (Å²) in [6.07, 6.45) is 3.74. The molecule has 0 atom stereocenters. The summed E-state index contributed by atoms with van der Waals surface area (Å²) in [6, 6.07) is 13.9. The van der Waals surface area contributed by atoms with Crippen LogP contribution < -0.4 is 16.0 Å². The van der Waals surface area contributed by atoms with Gasteiger partial charge in [0.2, 0.25) is 11.8 Å². The third-order valence-electron chi connectivity index (χ3n) is 4.68. The quantitative estimate of drug-likeness (QED) is 0.732. The highest BCUT2D eigenvalue weighted by molar-refractivity contribution is 6.06. The van der Waals surface area contributed by atoms with Gasteiger partial charge in [0.25, 0.3) is 5.91 Å². The van der Waals surface area contributed by atoms with Crippen molar-refractivity contribution in [2.45, 2.75) is 25.7 Å². The number of carbonyl (C=O) groups excluding carboxylic acids is 3. The zero-order chi connectivity index (χ0) is 18.8. The minimum Gasteiger partial charge on any atom is -0.326 e. The Hall–Kier alpha value is -3.15. The van der Waals surface area contributed by atoms with Crippen LogP contribution in [0.3, 0.4) is 0 Å². The van der Waals surface area contributed by atoms with Crippen LogP contribution in [0.25, 0.3) is 0 Å². The van der Waals surface area contributed by atoms with Gasteiger partial charge in [-0.1, -0.05) is 12.1 Å². The van der Waals surface area contributed by atoms with E-state index in [0.29, 0.717) is 22.6 Å². The molecule has 2 saturated carbocycles. The molecule has 2 aliphatic rings. The minimum absolute atomic E-state index is 0.00617. The Morgan fingerprint density at radius 3 is 1.70 bits per heavy atom. The van der Waals surface area contributed by atoms with Crippen molar-refractivity contribution in [2.24, 2.45) is 11.8 Å². The van der Waals surface area contributed by atoms with Crippen LogP contribution in [-0.2, 0) is 9.59 Å². The average Bonchev–Trinajstić information content (AvgIpc) is 3.55. The van der Waals surface area contributed by atoms with E-state index in [9.17, 15) is 14.4 Å². The van der Waals surface area contributed by atoms with Gasteiger partial charge in [-0.2, -0.15) is 0 Å². The summed E-state index contributed by atoms with van der Waals surface area (Å²) in [4.78, 5) is 36.3. The molecular weight excluding hydrogens is 342 g/mol. The van der Waals surface area contributed by atoms with Crippen LogP contribution in [0.1, 0.15) is 36.0 Å². The fourth-order valence-corrected chi connectivity index (χ4v) is 2.80. The Bertz CT molecular complexity index is 901. The maximum Gasteiger partial charge on any atom is 0.255 e. The van der Waals surface area contributed by atoms with Crippen LogP contribution >= 0.6 is 0 Å². The molecule has 2 aromatic rings. The molecule has 0 saturated heterocycles. The van der Waals surface area contributed by atoms with E-state index >= 15 is 0 Å². The second-order valence-corrected chi connectivity index (χ2v) is 7.14. The van der Waals surface area contributed by atoms with Gasteiger partial charge in [-0.15, -0.1) is 0 Å². The van der Waals surface area contributed by atoms with Gasteiger partial charge in [0, 0.05) is 34.5 Å². The molecule has 6 nitrogen and oxygen atoms in total. The number of hydrogen-bond acceptors (Lipinski definition) is 3. The molecule has 0 heterocycles. The summed E-state index contributed by atoms with van der Waals surface area (Å²) in [5.74, 6) is -0.0136. The molecule has 0 radical (unpaired) electrons. The lowest BCUT2D eigenvalue weighted by Gasteiger charge is -2.10. The van der Waals surface area contributed by atoms with E-state index in [1.165, 1.54) is 0 Å². The number of anilines is 3. The van der Waals surface area contributed by atoms with Gasteiger partial charge in [-0.25, -0.2) is 0 Å². The molecule has 2 fully saturated rings. The fraction of sp³-hybridized carbons (Fsp3) is 0.286. The first-order valence-electron chi connectivity index (χ1n) is 9.22. The Morgan fingerprint density at radius 2 is 1.15 bits per heavy atom. The first-order chi connectivity index (χ1) is 13.1. The van der Waals surface area contributed by atoms with E-state index in [2.05, 4.69) is 16.0 Å². The van der Waals surface area contributed by atoms with Gasteiger partial charge in [0.05, 0.1) is 0 Å². The van der Waals surface area contributed by atoms with Crippen LogP contribution in [-0.4, -0.2) is 17.7 Å². The van der Waals surface area contributed by atoms with E-state index < -0.39 is 0 Å². The monoisotopic (exact) mass is 363 g/mol. The lowest BCUT2D eigenvalue weighted by molar-refractivity contribution is -0.118. The molecule has 3 N–H and O–H groups in total. The highest BCUT2D eigenvalue weighted by atomic mass is 16.2. The maximum atomic E-state index is 12.5. The largest absolute Gasteiger partial charge is 0.326 e. The van der Waals surface area contributed by atoms with Crippen LogP contribution in [0.5, 0.6) is 0 Å². The van der Waals surface area contributed by atoms with Gasteiger partial charge in [0.1, 0.15) is 0 Å². The molecule has 2 aromatic carbocycles. The number of amides is 3. The first-order valence-corrected chi connectivity index (χ1v) is 9.22. The number of carbonyl (C=O) groups is 3. The molecule has 0 spiro atoms. The Kier molecular flexibility index (Phi) is 4.62. The van der Waals surface area contributed by atoms with Crippen LogP contribution in [0.2, 0.25) is 0 Å². The van der Waals surface area contributed by atoms with Gasteiger partial charge in [0.15, 0.2) is 0 Å². The second kappa shape index (κ2) is 7.23. The van der Waals surface area contributed by atoms with Crippen molar-refractivity contribution in [2.75, 3.05) is 16.0 Å². The topological polar surface area (TPSA) is 87.3 Å². The van der Waals surface area contributed by atoms with E-state index in [4.69, 9.17) is 0 Å². The first kappa shape index (κ1) is 17.3. The molecule has 27 heavy (non-hydrogen) atoms. The van der Waals surface area contributed by atoms with E-state index in [1.54, 1.807) is 48.5 Å². The van der Waals surface area contributed by atoms with Crippen molar-refractivity contribution in [3.63, 3.8) is 0 Å². The SMILES string of the molecule is O=C(Nc1cccc(NC(=O)C2CC2)c1)c1cccc(NC(=O)C2CC2)c1. The third kappa shape index (κ3) is 4.53. The van der Waals surface area contributed by atoms with Gasteiger partial charge in [-0.3, -0.25) is 14.4 Å². The Balaban J connectivity index is 1.41. The fourth-order valence-electron chi connectivity index (χ4n) is 2.80. The minimum atomic E-state index is -0.275. The van der Waals surface area contributed by atoms with E-state index in [1.807, 2.05) is 0 Å². The summed E-state index contributed by atoms with van der Waals surface area (Å²) in [6.45, 7) is 0. The highest BCUT2D eigenvalue weighted by Crippen LogP contribution is 2.31. The zero-order valence-electron chi connectivity index (χ0n) is 14.8. The van der Waals surface area contributed by atoms with Crippen molar-refractivity contribution >= 4 is 34.8 Å². The number of hydrogen-bond donors (Lipinski definition) is 3. The molecular formula is C21H21N3O3. The predicted molar refractivity (Wildman–Crippen MR) is 104 cm³/mol. The van der Waals surface area contributed by atoms with Gasteiger partial charge in [-0.05, 0) is 62.1 Å². The molecule has 3 amide bonds. The lowest BCUT2D eigenvalue weighted by atomic mass is 10.1. The zero-order valence-corrected chi connectivity index (χ0v) is 14.8. The number of nitrogens with one attached hydrogen (secondary N) is 3. The molecule has 0 unspecified atom stereocenters. The number of benzene rings is 2. The van der Waals surface area contributed by atoms with Crippen molar-refractivity contribution < 1.29 is 14.4 Å². The van der Waals surface area contributed by atoms with Crippen LogP contribution in [0.15, 0.2) is 48.5 Å². The molecule has 0 bridgehead atoms. The molecule has 0 aliphatic heterocycles. The average molecular weight is 363 g/mol. The molecule has 4 rings (SSSR count). The van der Waals surface area contributed by atoms with E-state index in [0.717, 1.165) is 25.7 Å². The highest BCUT2D eigenvalue weighted by Gasteiger charge is 2.30. The molecule has 2 aliphatic carbocycles. The van der Waals surface area contributed by atoms with Gasteiger partial charge < -0.3 is 16.0 Å². The van der Waals surface area contributed by atoms with E-state index in [-0.39, 0.29) is 29.6 Å². The Morgan fingerprint density at radius 1 is 0.667 bits per heavy atom. The third-order valence-corrected chi connectivity index (χ3v) is 4.68. The summed E-state index contributed by atoms with van der Waals surface area (Å²) in [7, 11) is 0. The summed E-state index contributed by atoms with van der Waals surface area (Å²) in [5.41, 5.74) is 2.33. The van der Waals surface area contributed by atoms with Crippen molar-refractivity contribution in [1.82, 2.24) is 0 Å². The predicted octanol–water partition coefficient (Wildman–Crippen LogP) is 3.64. The normalized spacial score (nSPS) is 15.7. The summed E-state index contributed by atoms with van der Waals surface area (Å²) >= 11 is 0. The smallest absolute Gasteiger partial charge is 0.255 e. The maximum absolute atomic E-state index is 12.5. The van der Waals surface area contributed by atoms with Crippen molar-refractivity contribution in [1.29, 1.82) is 0 Å². The number of rotatable bonds is 6. The summed E-state index contributed by atoms with van der Waals surface area (Å²) in [5, 5.41) is 8.54. The van der Waals surface area contributed by atoms with Crippen LogP contribution in [0, 0.1) is 11.8 Å².